The van der Waals surface area contributed by atoms with E-state index in [0.29, 0.717) is 5.92 Å². The standard InChI is InChI=1S/C16H18N2/c1-2-5-13(6-3-1)15-7-4-10-18-16(15)14-8-11-17-12-9-14/h1-7,10,14,17H,8-9,11-12H2. The Morgan fingerprint density at radius 1 is 0.944 bits per heavy atom. The molecule has 3 rings (SSSR count). The highest BCUT2D eigenvalue weighted by Gasteiger charge is 2.19. The number of benzene rings is 1. The Labute approximate surface area is 108 Å². The molecule has 1 aliphatic heterocycles. The molecule has 0 radical (unpaired) electrons. The third-order valence-corrected chi connectivity index (χ3v) is 3.65. The van der Waals surface area contributed by atoms with E-state index >= 15 is 0 Å². The van der Waals surface area contributed by atoms with Crippen LogP contribution in [0, 0.1) is 0 Å². The monoisotopic (exact) mass is 238 g/mol. The van der Waals surface area contributed by atoms with Crippen LogP contribution in [0.3, 0.4) is 0 Å². The number of rotatable bonds is 2. The van der Waals surface area contributed by atoms with E-state index in [1.54, 1.807) is 0 Å². The molecule has 0 saturated carbocycles. The Morgan fingerprint density at radius 3 is 2.50 bits per heavy atom. The quantitative estimate of drug-likeness (QED) is 0.869. The Bertz CT molecular complexity index is 502. The molecule has 1 aromatic heterocycles. The van der Waals surface area contributed by atoms with Gasteiger partial charge in [0, 0.05) is 17.7 Å². The zero-order valence-electron chi connectivity index (χ0n) is 10.5. The molecule has 0 aliphatic carbocycles. The van der Waals surface area contributed by atoms with Crippen molar-refractivity contribution in [3.63, 3.8) is 0 Å². The number of hydrogen-bond acceptors (Lipinski definition) is 2. The summed E-state index contributed by atoms with van der Waals surface area (Å²) in [7, 11) is 0. The van der Waals surface area contributed by atoms with E-state index in [-0.39, 0.29) is 0 Å². The van der Waals surface area contributed by atoms with E-state index in [1.165, 1.54) is 29.7 Å². The fraction of sp³-hybridized carbons (Fsp3) is 0.312. The SMILES string of the molecule is c1ccc(-c2cccnc2C2CCNCC2)cc1. The fourth-order valence-corrected chi connectivity index (χ4v) is 2.70. The van der Waals surface area contributed by atoms with Gasteiger partial charge in [-0.2, -0.15) is 0 Å². The van der Waals surface area contributed by atoms with Crippen LogP contribution in [0.2, 0.25) is 0 Å². The van der Waals surface area contributed by atoms with Crippen LogP contribution in [0.5, 0.6) is 0 Å². The molecule has 2 aromatic rings. The lowest BCUT2D eigenvalue weighted by molar-refractivity contribution is 0.454. The number of nitrogens with zero attached hydrogens (tertiary/aromatic N) is 1. The molecule has 18 heavy (non-hydrogen) atoms. The van der Waals surface area contributed by atoms with E-state index < -0.39 is 0 Å². The van der Waals surface area contributed by atoms with Gasteiger partial charge in [0.25, 0.3) is 0 Å². The summed E-state index contributed by atoms with van der Waals surface area (Å²) in [6.45, 7) is 2.21. The summed E-state index contributed by atoms with van der Waals surface area (Å²) in [4.78, 5) is 4.65. The van der Waals surface area contributed by atoms with Crippen LogP contribution in [0.15, 0.2) is 48.7 Å². The predicted molar refractivity (Wildman–Crippen MR) is 74.5 cm³/mol. The summed E-state index contributed by atoms with van der Waals surface area (Å²) in [5, 5.41) is 3.42. The van der Waals surface area contributed by atoms with Crippen LogP contribution in [0.25, 0.3) is 11.1 Å². The topological polar surface area (TPSA) is 24.9 Å². The normalized spacial score (nSPS) is 16.7. The van der Waals surface area contributed by atoms with Crippen molar-refractivity contribution in [2.75, 3.05) is 13.1 Å². The van der Waals surface area contributed by atoms with Crippen molar-refractivity contribution >= 4 is 0 Å². The Kier molecular flexibility index (Phi) is 3.37. The molecule has 2 nitrogen and oxygen atoms in total. The first kappa shape index (κ1) is 11.4. The van der Waals surface area contributed by atoms with Crippen LogP contribution >= 0.6 is 0 Å². The molecule has 1 aromatic carbocycles. The zero-order valence-corrected chi connectivity index (χ0v) is 10.5. The Balaban J connectivity index is 1.99. The van der Waals surface area contributed by atoms with Crippen LogP contribution in [-0.2, 0) is 0 Å². The summed E-state index contributed by atoms with van der Waals surface area (Å²) >= 11 is 0. The van der Waals surface area contributed by atoms with E-state index in [9.17, 15) is 0 Å². The van der Waals surface area contributed by atoms with Gasteiger partial charge in [-0.15, -0.1) is 0 Å². The summed E-state index contributed by atoms with van der Waals surface area (Å²) in [6.07, 6.45) is 4.30. The number of aromatic nitrogens is 1. The van der Waals surface area contributed by atoms with Crippen molar-refractivity contribution in [2.24, 2.45) is 0 Å². The van der Waals surface area contributed by atoms with Gasteiger partial charge < -0.3 is 5.32 Å². The number of nitrogens with one attached hydrogen (secondary N) is 1. The summed E-state index contributed by atoms with van der Waals surface area (Å²) in [5.41, 5.74) is 3.84. The van der Waals surface area contributed by atoms with Crippen molar-refractivity contribution in [1.29, 1.82) is 0 Å². The molecule has 0 spiro atoms. The lowest BCUT2D eigenvalue weighted by Gasteiger charge is -2.24. The van der Waals surface area contributed by atoms with E-state index in [1.807, 2.05) is 12.3 Å². The fourth-order valence-electron chi connectivity index (χ4n) is 2.70. The van der Waals surface area contributed by atoms with E-state index in [0.717, 1.165) is 13.1 Å². The smallest absolute Gasteiger partial charge is 0.0513 e. The Morgan fingerprint density at radius 2 is 1.72 bits per heavy atom. The second kappa shape index (κ2) is 5.32. The molecule has 0 atom stereocenters. The molecule has 0 amide bonds. The molecule has 1 N–H and O–H groups in total. The third kappa shape index (κ3) is 2.29. The van der Waals surface area contributed by atoms with E-state index in [4.69, 9.17) is 0 Å². The van der Waals surface area contributed by atoms with Gasteiger partial charge in [-0.3, -0.25) is 4.98 Å². The molecule has 2 heteroatoms. The van der Waals surface area contributed by atoms with Gasteiger partial charge >= 0.3 is 0 Å². The van der Waals surface area contributed by atoms with Crippen LogP contribution in [-0.4, -0.2) is 18.1 Å². The highest BCUT2D eigenvalue weighted by Crippen LogP contribution is 2.31. The predicted octanol–water partition coefficient (Wildman–Crippen LogP) is 3.22. The van der Waals surface area contributed by atoms with Gasteiger partial charge in [0.2, 0.25) is 0 Å². The van der Waals surface area contributed by atoms with Gasteiger partial charge in [-0.1, -0.05) is 36.4 Å². The maximum absolute atomic E-state index is 4.65. The second-order valence-corrected chi connectivity index (χ2v) is 4.83. The van der Waals surface area contributed by atoms with Gasteiger partial charge in [0.05, 0.1) is 5.69 Å². The van der Waals surface area contributed by atoms with Crippen molar-refractivity contribution in [2.45, 2.75) is 18.8 Å². The van der Waals surface area contributed by atoms with Crippen molar-refractivity contribution in [3.8, 4) is 11.1 Å². The van der Waals surface area contributed by atoms with Crippen molar-refractivity contribution < 1.29 is 0 Å². The highest BCUT2D eigenvalue weighted by molar-refractivity contribution is 5.66. The highest BCUT2D eigenvalue weighted by atomic mass is 14.9. The summed E-state index contributed by atoms with van der Waals surface area (Å²) in [6, 6.07) is 14.8. The average Bonchev–Trinajstić information content (AvgIpc) is 2.49. The summed E-state index contributed by atoms with van der Waals surface area (Å²) < 4.78 is 0. The van der Waals surface area contributed by atoms with Crippen LogP contribution in [0.1, 0.15) is 24.5 Å². The van der Waals surface area contributed by atoms with Crippen LogP contribution < -0.4 is 5.32 Å². The zero-order chi connectivity index (χ0) is 12.2. The maximum atomic E-state index is 4.65. The van der Waals surface area contributed by atoms with Crippen LogP contribution in [0.4, 0.5) is 0 Å². The molecule has 2 heterocycles. The summed E-state index contributed by atoms with van der Waals surface area (Å²) in [5.74, 6) is 0.600. The van der Waals surface area contributed by atoms with Gasteiger partial charge in [-0.05, 0) is 37.6 Å². The molecule has 0 unspecified atom stereocenters. The minimum atomic E-state index is 0.600. The minimum absolute atomic E-state index is 0.600. The van der Waals surface area contributed by atoms with Crippen molar-refractivity contribution in [1.82, 2.24) is 10.3 Å². The lowest BCUT2D eigenvalue weighted by atomic mass is 9.89. The first-order valence-electron chi connectivity index (χ1n) is 6.66. The molecule has 1 fully saturated rings. The molecular formula is C16H18N2. The molecule has 1 aliphatic rings. The number of piperidine rings is 1. The molecule has 1 saturated heterocycles. The first-order valence-corrected chi connectivity index (χ1v) is 6.66. The maximum Gasteiger partial charge on any atom is 0.0513 e. The molecule has 0 bridgehead atoms. The molecule has 92 valence electrons. The second-order valence-electron chi connectivity index (χ2n) is 4.83. The number of pyridine rings is 1. The molecular weight excluding hydrogens is 220 g/mol. The largest absolute Gasteiger partial charge is 0.317 e. The first-order chi connectivity index (χ1) is 8.95. The van der Waals surface area contributed by atoms with Crippen molar-refractivity contribution in [3.05, 3.63) is 54.4 Å². The van der Waals surface area contributed by atoms with Gasteiger partial charge in [-0.25, -0.2) is 0 Å². The third-order valence-electron chi connectivity index (χ3n) is 3.65. The van der Waals surface area contributed by atoms with E-state index in [2.05, 4.69) is 46.7 Å². The average molecular weight is 238 g/mol. The van der Waals surface area contributed by atoms with Gasteiger partial charge in [0.15, 0.2) is 0 Å². The minimum Gasteiger partial charge on any atom is -0.317 e. The Hall–Kier alpha value is -1.67. The lowest BCUT2D eigenvalue weighted by Crippen LogP contribution is -2.27. The van der Waals surface area contributed by atoms with Gasteiger partial charge in [0.1, 0.15) is 0 Å². The number of hydrogen-bond donors (Lipinski definition) is 1.